The molecule has 1 heterocycles. The summed E-state index contributed by atoms with van der Waals surface area (Å²) in [6, 6.07) is 21.7. The molecule has 1 atom stereocenters. The van der Waals surface area contributed by atoms with E-state index in [0.717, 1.165) is 37.2 Å². The maximum Gasteiger partial charge on any atom is 0.323 e. The van der Waals surface area contributed by atoms with Crippen LogP contribution in [0.15, 0.2) is 72.8 Å². The first-order chi connectivity index (χ1) is 16.0. The van der Waals surface area contributed by atoms with Crippen molar-refractivity contribution in [1.82, 2.24) is 5.32 Å². The topological polar surface area (TPSA) is 73.5 Å². The Balaban J connectivity index is 1.53. The summed E-state index contributed by atoms with van der Waals surface area (Å²) in [7, 11) is 0. The van der Waals surface area contributed by atoms with E-state index >= 15 is 0 Å². The molecule has 6 nitrogen and oxygen atoms in total. The van der Waals surface area contributed by atoms with Gasteiger partial charge in [-0.1, -0.05) is 48.0 Å². The molecule has 0 aromatic heterocycles. The van der Waals surface area contributed by atoms with Crippen molar-refractivity contribution in [3.63, 3.8) is 0 Å². The number of amides is 3. The maximum atomic E-state index is 13.3. The Bertz CT molecular complexity index is 1130. The van der Waals surface area contributed by atoms with Gasteiger partial charge >= 0.3 is 6.03 Å². The van der Waals surface area contributed by atoms with Gasteiger partial charge in [0.25, 0.3) is 5.91 Å². The van der Waals surface area contributed by atoms with Gasteiger partial charge in [0, 0.05) is 35.2 Å². The van der Waals surface area contributed by atoms with Crippen molar-refractivity contribution < 1.29 is 9.59 Å². The third-order valence-electron chi connectivity index (χ3n) is 5.68. The van der Waals surface area contributed by atoms with Gasteiger partial charge in [0.1, 0.15) is 0 Å². The van der Waals surface area contributed by atoms with Gasteiger partial charge in [-0.2, -0.15) is 0 Å². The fourth-order valence-electron chi connectivity index (χ4n) is 3.99. The molecule has 1 fully saturated rings. The number of nitrogens with zero attached hydrogens (tertiary/aromatic N) is 1. The van der Waals surface area contributed by atoms with Crippen LogP contribution in [0, 0.1) is 0 Å². The normalized spacial score (nSPS) is 13.9. The minimum atomic E-state index is -0.407. The van der Waals surface area contributed by atoms with Gasteiger partial charge in [-0.15, -0.1) is 0 Å². The first-order valence-electron chi connectivity index (χ1n) is 11.1. The summed E-state index contributed by atoms with van der Waals surface area (Å²) < 4.78 is 0. The van der Waals surface area contributed by atoms with Crippen LogP contribution in [0.4, 0.5) is 21.9 Å². The largest absolute Gasteiger partial charge is 0.371 e. The number of rotatable bonds is 6. The second kappa shape index (κ2) is 10.4. The van der Waals surface area contributed by atoms with Gasteiger partial charge in [-0.05, 0) is 61.7 Å². The van der Waals surface area contributed by atoms with Crippen LogP contribution < -0.4 is 20.9 Å². The summed E-state index contributed by atoms with van der Waals surface area (Å²) in [5.41, 5.74) is 3.58. The van der Waals surface area contributed by atoms with Crippen molar-refractivity contribution in [3.05, 3.63) is 88.9 Å². The summed E-state index contributed by atoms with van der Waals surface area (Å²) in [5, 5.41) is 9.20. The van der Waals surface area contributed by atoms with Crippen LogP contribution in [0.5, 0.6) is 0 Å². The van der Waals surface area contributed by atoms with Gasteiger partial charge in [0.15, 0.2) is 0 Å². The third-order valence-corrected chi connectivity index (χ3v) is 5.91. The Kier molecular flexibility index (Phi) is 7.15. The van der Waals surface area contributed by atoms with Crippen LogP contribution in [-0.4, -0.2) is 25.0 Å². The summed E-state index contributed by atoms with van der Waals surface area (Å²) >= 11 is 5.99. The summed E-state index contributed by atoms with van der Waals surface area (Å²) in [6.45, 7) is 3.79. The lowest BCUT2D eigenvalue weighted by atomic mass is 10.1. The predicted molar refractivity (Wildman–Crippen MR) is 134 cm³/mol. The quantitative estimate of drug-likeness (QED) is 0.416. The number of hydrogen-bond donors (Lipinski definition) is 3. The fraction of sp³-hybridized carbons (Fsp3) is 0.231. The molecule has 3 N–H and O–H groups in total. The fourth-order valence-corrected chi connectivity index (χ4v) is 4.18. The number of nitrogens with one attached hydrogen (secondary N) is 3. The SMILES string of the molecule is CC(NC(=O)c1cc(NC(=O)Nc2cccc(Cl)c2)ccc1N1CCCC1)c1ccccc1. The van der Waals surface area contributed by atoms with Gasteiger partial charge < -0.3 is 20.9 Å². The summed E-state index contributed by atoms with van der Waals surface area (Å²) in [5.74, 6) is -0.174. The molecule has 0 radical (unpaired) electrons. The van der Waals surface area contributed by atoms with E-state index in [0.29, 0.717) is 22.0 Å². The number of halogens is 1. The van der Waals surface area contributed by atoms with Crippen molar-refractivity contribution in [2.24, 2.45) is 0 Å². The van der Waals surface area contributed by atoms with Crippen molar-refractivity contribution in [2.45, 2.75) is 25.8 Å². The van der Waals surface area contributed by atoms with Gasteiger partial charge in [0.05, 0.1) is 11.6 Å². The van der Waals surface area contributed by atoms with E-state index in [1.807, 2.05) is 49.4 Å². The molecule has 1 aliphatic rings. The minimum Gasteiger partial charge on any atom is -0.371 e. The zero-order valence-electron chi connectivity index (χ0n) is 18.5. The summed E-state index contributed by atoms with van der Waals surface area (Å²) in [6.07, 6.45) is 2.20. The standard InChI is InChI=1S/C26H27ClN4O2/c1-18(19-8-3-2-4-9-19)28-25(32)23-17-22(12-13-24(23)31-14-5-6-15-31)30-26(33)29-21-11-7-10-20(27)16-21/h2-4,7-13,16-18H,5-6,14-15H2,1H3,(H,28,32)(H2,29,30,33). The Labute approximate surface area is 198 Å². The van der Waals surface area contributed by atoms with Crippen LogP contribution in [0.25, 0.3) is 0 Å². The first-order valence-corrected chi connectivity index (χ1v) is 11.5. The van der Waals surface area contributed by atoms with Gasteiger partial charge in [-0.25, -0.2) is 4.79 Å². The smallest absolute Gasteiger partial charge is 0.323 e. The predicted octanol–water partition coefficient (Wildman–Crippen LogP) is 6.08. The number of hydrogen-bond acceptors (Lipinski definition) is 3. The molecule has 1 unspecified atom stereocenters. The molecule has 0 aliphatic carbocycles. The lowest BCUT2D eigenvalue weighted by molar-refractivity contribution is 0.0940. The molecule has 170 valence electrons. The molecule has 0 spiro atoms. The van der Waals surface area contributed by atoms with Crippen molar-refractivity contribution in [1.29, 1.82) is 0 Å². The average molecular weight is 463 g/mol. The zero-order chi connectivity index (χ0) is 23.2. The highest BCUT2D eigenvalue weighted by Gasteiger charge is 2.22. The molecular weight excluding hydrogens is 436 g/mol. The van der Waals surface area contributed by atoms with Crippen LogP contribution >= 0.6 is 11.6 Å². The lowest BCUT2D eigenvalue weighted by Gasteiger charge is -2.23. The summed E-state index contributed by atoms with van der Waals surface area (Å²) in [4.78, 5) is 28.0. The molecule has 7 heteroatoms. The zero-order valence-corrected chi connectivity index (χ0v) is 19.2. The molecule has 33 heavy (non-hydrogen) atoms. The molecule has 0 saturated carbocycles. The number of carbonyl (C=O) groups is 2. The molecule has 1 aliphatic heterocycles. The van der Waals surface area contributed by atoms with E-state index in [-0.39, 0.29) is 11.9 Å². The van der Waals surface area contributed by atoms with E-state index in [9.17, 15) is 9.59 Å². The molecule has 4 rings (SSSR count). The molecule has 3 aromatic rings. The average Bonchev–Trinajstić information content (AvgIpc) is 3.34. The molecule has 3 amide bonds. The van der Waals surface area contributed by atoms with Crippen molar-refractivity contribution in [2.75, 3.05) is 28.6 Å². The van der Waals surface area contributed by atoms with Gasteiger partial charge in [-0.3, -0.25) is 4.79 Å². The number of anilines is 3. The van der Waals surface area contributed by atoms with Crippen molar-refractivity contribution in [3.8, 4) is 0 Å². The maximum absolute atomic E-state index is 13.3. The Hall–Kier alpha value is -3.51. The van der Waals surface area contributed by atoms with E-state index in [1.54, 1.807) is 30.3 Å². The highest BCUT2D eigenvalue weighted by Crippen LogP contribution is 2.28. The number of benzene rings is 3. The number of carbonyl (C=O) groups excluding carboxylic acids is 2. The second-order valence-corrected chi connectivity index (χ2v) is 8.56. The third kappa shape index (κ3) is 5.84. The Morgan fingerprint density at radius 2 is 1.58 bits per heavy atom. The lowest BCUT2D eigenvalue weighted by Crippen LogP contribution is -2.30. The van der Waals surface area contributed by atoms with E-state index in [2.05, 4.69) is 20.9 Å². The Morgan fingerprint density at radius 1 is 0.879 bits per heavy atom. The molecule has 0 bridgehead atoms. The molecule has 3 aromatic carbocycles. The van der Waals surface area contributed by atoms with E-state index in [4.69, 9.17) is 11.6 Å². The minimum absolute atomic E-state index is 0.145. The van der Waals surface area contributed by atoms with Crippen molar-refractivity contribution >= 4 is 40.6 Å². The molecule has 1 saturated heterocycles. The molecular formula is C26H27ClN4O2. The Morgan fingerprint density at radius 3 is 2.27 bits per heavy atom. The van der Waals surface area contributed by atoms with Crippen LogP contribution in [0.1, 0.15) is 41.7 Å². The monoisotopic (exact) mass is 462 g/mol. The van der Waals surface area contributed by atoms with E-state index < -0.39 is 6.03 Å². The van der Waals surface area contributed by atoms with Crippen LogP contribution in [0.2, 0.25) is 5.02 Å². The highest BCUT2D eigenvalue weighted by atomic mass is 35.5. The number of urea groups is 1. The first kappa shape index (κ1) is 22.7. The second-order valence-electron chi connectivity index (χ2n) is 8.12. The van der Waals surface area contributed by atoms with Crippen LogP contribution in [0.3, 0.4) is 0 Å². The van der Waals surface area contributed by atoms with E-state index in [1.165, 1.54) is 0 Å². The van der Waals surface area contributed by atoms with Gasteiger partial charge in [0.2, 0.25) is 0 Å². The highest BCUT2D eigenvalue weighted by molar-refractivity contribution is 6.30. The van der Waals surface area contributed by atoms with Crippen LogP contribution in [-0.2, 0) is 0 Å².